The average Bonchev–Trinajstić information content (AvgIpc) is 3.00. The highest BCUT2D eigenvalue weighted by atomic mass is 31.2. The van der Waals surface area contributed by atoms with Gasteiger partial charge in [-0.3, -0.25) is 20.2 Å². The molecular formula is C33H26N2O3P+. The molecule has 0 aliphatic heterocycles. The number of nitro benzene ring substituents is 1. The molecule has 6 heteroatoms. The fraction of sp³-hybridized carbons (Fsp3) is 0. The van der Waals surface area contributed by atoms with Crippen molar-refractivity contribution < 1.29 is 9.72 Å². The Morgan fingerprint density at radius 3 is 1.44 bits per heavy atom. The molecule has 190 valence electrons. The van der Waals surface area contributed by atoms with Crippen LogP contribution in [0.3, 0.4) is 0 Å². The smallest absolute Gasteiger partial charge is 0.269 e. The maximum Gasteiger partial charge on any atom is 0.269 e. The first-order chi connectivity index (χ1) is 19.1. The van der Waals surface area contributed by atoms with Crippen molar-refractivity contribution in [3.05, 3.63) is 172 Å². The summed E-state index contributed by atoms with van der Waals surface area (Å²) in [4.78, 5) is 24.6. The molecule has 5 aromatic carbocycles. The van der Waals surface area contributed by atoms with Crippen LogP contribution in [-0.4, -0.2) is 10.8 Å². The van der Waals surface area contributed by atoms with Crippen molar-refractivity contribution in [2.45, 2.75) is 0 Å². The lowest BCUT2D eigenvalue weighted by Gasteiger charge is -2.29. The highest BCUT2D eigenvalue weighted by Crippen LogP contribution is 2.61. The molecule has 0 saturated carbocycles. The molecule has 0 aliphatic rings. The molecule has 0 unspecified atom stereocenters. The van der Waals surface area contributed by atoms with Gasteiger partial charge in [0.05, 0.1) is 4.92 Å². The highest BCUT2D eigenvalue weighted by Gasteiger charge is 2.50. The summed E-state index contributed by atoms with van der Waals surface area (Å²) in [6.07, 6.45) is 1.95. The second-order valence-corrected chi connectivity index (χ2v) is 12.2. The van der Waals surface area contributed by atoms with E-state index in [1.165, 1.54) is 12.1 Å². The van der Waals surface area contributed by atoms with Gasteiger partial charge in [-0.15, -0.1) is 0 Å². The van der Waals surface area contributed by atoms with E-state index in [9.17, 15) is 14.9 Å². The van der Waals surface area contributed by atoms with Gasteiger partial charge in [-0.1, -0.05) is 72.8 Å². The van der Waals surface area contributed by atoms with Gasteiger partial charge in [0, 0.05) is 23.8 Å². The first kappa shape index (κ1) is 25.8. The number of carbonyl (C=O) groups excluding carboxylic acids is 1. The minimum absolute atomic E-state index is 0.0114. The number of hydrogen-bond donors (Lipinski definition) is 1. The lowest BCUT2D eigenvalue weighted by Crippen LogP contribution is -2.38. The number of benzene rings is 5. The molecule has 0 saturated heterocycles. The number of non-ortho nitro benzene ring substituents is 1. The molecule has 1 amide bonds. The average molecular weight is 530 g/mol. The van der Waals surface area contributed by atoms with Crippen LogP contribution in [0, 0.1) is 10.1 Å². The molecule has 0 aliphatic carbocycles. The molecule has 5 nitrogen and oxygen atoms in total. The molecule has 0 spiro atoms. The van der Waals surface area contributed by atoms with Crippen LogP contribution < -0.4 is 21.2 Å². The molecule has 5 rings (SSSR count). The van der Waals surface area contributed by atoms with E-state index in [1.54, 1.807) is 24.3 Å². The maximum absolute atomic E-state index is 13.7. The van der Waals surface area contributed by atoms with E-state index >= 15 is 0 Å². The van der Waals surface area contributed by atoms with E-state index in [0.717, 1.165) is 26.9 Å². The van der Waals surface area contributed by atoms with Crippen molar-refractivity contribution in [3.8, 4) is 0 Å². The number of rotatable bonds is 8. The van der Waals surface area contributed by atoms with E-state index in [0.29, 0.717) is 5.56 Å². The molecule has 1 N–H and O–H groups in total. The molecule has 0 bridgehead atoms. The third-order valence-electron chi connectivity index (χ3n) is 6.48. The van der Waals surface area contributed by atoms with Crippen molar-refractivity contribution in [2.75, 3.05) is 0 Å². The Kier molecular flexibility index (Phi) is 7.72. The van der Waals surface area contributed by atoms with E-state index in [-0.39, 0.29) is 11.6 Å². The van der Waals surface area contributed by atoms with Crippen molar-refractivity contribution in [1.29, 1.82) is 0 Å². The van der Waals surface area contributed by atoms with Crippen LogP contribution in [0.2, 0.25) is 0 Å². The second-order valence-electron chi connectivity index (χ2n) is 8.88. The quantitative estimate of drug-likeness (QED) is 0.145. The zero-order valence-electron chi connectivity index (χ0n) is 21.1. The van der Waals surface area contributed by atoms with E-state index in [2.05, 4.69) is 41.7 Å². The molecule has 0 aromatic heterocycles. The van der Waals surface area contributed by atoms with Gasteiger partial charge in [-0.25, -0.2) is 0 Å². The minimum Gasteiger partial charge on any atom is -0.292 e. The maximum atomic E-state index is 13.7. The molecule has 5 aromatic rings. The summed E-state index contributed by atoms with van der Waals surface area (Å²) in [5.74, 6) is -0.226. The highest BCUT2D eigenvalue weighted by molar-refractivity contribution is 7.99. The summed E-state index contributed by atoms with van der Waals surface area (Å²) in [5, 5.41) is 17.8. The molecule has 0 atom stereocenters. The van der Waals surface area contributed by atoms with Gasteiger partial charge in [0.1, 0.15) is 15.9 Å². The monoisotopic (exact) mass is 529 g/mol. The number of nitro groups is 1. The summed E-state index contributed by atoms with van der Waals surface area (Å²) in [6.45, 7) is 0. The zero-order valence-corrected chi connectivity index (χ0v) is 21.9. The van der Waals surface area contributed by atoms with Crippen molar-refractivity contribution in [3.63, 3.8) is 0 Å². The van der Waals surface area contributed by atoms with Crippen LogP contribution in [0.25, 0.3) is 6.08 Å². The molecule has 39 heavy (non-hydrogen) atoms. The van der Waals surface area contributed by atoms with Crippen molar-refractivity contribution in [2.24, 2.45) is 0 Å². The summed E-state index contributed by atoms with van der Waals surface area (Å²) >= 11 is 0. The Hall–Kier alpha value is -4.86. The van der Waals surface area contributed by atoms with Gasteiger partial charge in [-0.2, -0.15) is 0 Å². The second kappa shape index (κ2) is 11.7. The van der Waals surface area contributed by atoms with E-state index in [1.807, 2.05) is 78.9 Å². The van der Waals surface area contributed by atoms with Crippen LogP contribution >= 0.6 is 7.26 Å². The predicted octanol–water partition coefficient (Wildman–Crippen LogP) is 6.32. The van der Waals surface area contributed by atoms with Crippen LogP contribution in [0.5, 0.6) is 0 Å². The fourth-order valence-electron chi connectivity index (χ4n) is 4.66. The van der Waals surface area contributed by atoms with Gasteiger partial charge in [0.2, 0.25) is 0 Å². The largest absolute Gasteiger partial charge is 0.292 e. The number of carbonyl (C=O) groups is 1. The first-order valence-corrected chi connectivity index (χ1v) is 14.3. The predicted molar refractivity (Wildman–Crippen MR) is 160 cm³/mol. The topological polar surface area (TPSA) is 72.2 Å². The van der Waals surface area contributed by atoms with Crippen molar-refractivity contribution >= 4 is 40.8 Å². The molecule has 0 heterocycles. The number of nitrogens with one attached hydrogen (secondary N) is 1. The molecular weight excluding hydrogens is 503 g/mol. The van der Waals surface area contributed by atoms with Gasteiger partial charge in [0.15, 0.2) is 12.7 Å². The Morgan fingerprint density at radius 1 is 0.615 bits per heavy atom. The summed E-state index contributed by atoms with van der Waals surface area (Å²) in [5.41, 5.74) is 2.03. The summed E-state index contributed by atoms with van der Waals surface area (Å²) < 4.78 is 0. The summed E-state index contributed by atoms with van der Waals surface area (Å²) in [7, 11) is -2.64. The number of nitrogens with zero attached hydrogens (tertiary/aromatic N) is 1. The van der Waals surface area contributed by atoms with Gasteiger partial charge >= 0.3 is 0 Å². The van der Waals surface area contributed by atoms with Gasteiger partial charge in [-0.05, 0) is 66.2 Å². The zero-order chi connectivity index (χ0) is 27.1. The lowest BCUT2D eigenvalue weighted by molar-refractivity contribution is -0.384. The van der Waals surface area contributed by atoms with Gasteiger partial charge in [0.25, 0.3) is 11.6 Å². The van der Waals surface area contributed by atoms with Crippen molar-refractivity contribution in [1.82, 2.24) is 5.32 Å². The molecule has 0 radical (unpaired) electrons. The van der Waals surface area contributed by atoms with Crippen LogP contribution in [0.1, 0.15) is 15.9 Å². The Morgan fingerprint density at radius 2 is 1.03 bits per heavy atom. The Bertz CT molecular complexity index is 1490. The number of amides is 1. The standard InChI is InChI=1S/C33H25N2O3P/c36-33(27-13-5-1-6-14-27)34-32(25-26-21-23-28(24-22-26)35(37)38)39(29-15-7-2-8-16-29,30-17-9-3-10-18-30)31-19-11-4-12-20-31/h1-25H/p+1/b32-25+. The third kappa shape index (κ3) is 5.40. The minimum atomic E-state index is -2.64. The van der Waals surface area contributed by atoms with Crippen LogP contribution in [-0.2, 0) is 0 Å². The molecule has 0 fully saturated rings. The SMILES string of the molecule is O=C(N/C(=C\c1ccc([N+](=O)[O-])cc1)[P+](c1ccccc1)(c1ccccc1)c1ccccc1)c1ccccc1. The van der Waals surface area contributed by atoms with E-state index < -0.39 is 12.2 Å². The first-order valence-electron chi connectivity index (χ1n) is 12.5. The van der Waals surface area contributed by atoms with E-state index in [4.69, 9.17) is 0 Å². The number of hydrogen-bond acceptors (Lipinski definition) is 3. The normalized spacial score (nSPS) is 11.5. The van der Waals surface area contributed by atoms with Gasteiger partial charge < -0.3 is 0 Å². The fourth-order valence-corrected chi connectivity index (χ4v) is 8.86. The third-order valence-corrected chi connectivity index (χ3v) is 10.7. The Balaban J connectivity index is 1.82. The lowest BCUT2D eigenvalue weighted by atomic mass is 10.2. The summed E-state index contributed by atoms with van der Waals surface area (Å²) in [6, 6.07) is 46.1. The van der Waals surface area contributed by atoms with Crippen LogP contribution in [0.15, 0.2) is 151 Å². The Labute approximate surface area is 228 Å². The van der Waals surface area contributed by atoms with Crippen LogP contribution in [0.4, 0.5) is 5.69 Å².